The fourth-order valence-electron chi connectivity index (χ4n) is 4.67. The van der Waals surface area contributed by atoms with Crippen molar-refractivity contribution in [3.8, 4) is 11.5 Å². The number of ether oxygens (including phenoxy) is 2. The van der Waals surface area contributed by atoms with Crippen molar-refractivity contribution < 1.29 is 29.0 Å². The Morgan fingerprint density at radius 3 is 2.27 bits per heavy atom. The van der Waals surface area contributed by atoms with Crippen LogP contribution in [0.25, 0.3) is 0 Å². The van der Waals surface area contributed by atoms with Crippen LogP contribution in [-0.4, -0.2) is 49.1 Å². The molecule has 4 rings (SSSR count). The molecule has 0 aromatic heterocycles. The molecule has 0 radical (unpaired) electrons. The minimum absolute atomic E-state index is 0.170. The van der Waals surface area contributed by atoms with Gasteiger partial charge in [-0.3, -0.25) is 9.59 Å². The number of carbonyl (C=O) groups is 3. The van der Waals surface area contributed by atoms with Crippen molar-refractivity contribution in [1.29, 1.82) is 0 Å². The number of carboxylic acid groups (broad SMARTS) is 1. The zero-order chi connectivity index (χ0) is 31.5. The second-order valence-electron chi connectivity index (χ2n) is 10.3. The van der Waals surface area contributed by atoms with Crippen LogP contribution in [-0.2, 0) is 16.0 Å². The number of ketones is 1. The minimum Gasteiger partial charge on any atom is -0.497 e. The summed E-state index contributed by atoms with van der Waals surface area (Å²) >= 11 is 0. The summed E-state index contributed by atoms with van der Waals surface area (Å²) in [7, 11) is 1.58. The van der Waals surface area contributed by atoms with Gasteiger partial charge in [-0.2, -0.15) is 0 Å². The molecule has 8 nitrogen and oxygen atoms in total. The van der Waals surface area contributed by atoms with Crippen LogP contribution in [0.4, 0.5) is 11.4 Å². The number of benzene rings is 4. The molecule has 0 aliphatic carbocycles. The number of amides is 1. The first-order chi connectivity index (χ1) is 21.3. The standard InChI is InChI=1S/C36H36N2O6/c1-25(2)35(40)38(28-13-9-14-30(24-28)43-3)21-10-22-44-29-19-17-26(18-20-29)23-33(36(41)42)37-32-16-8-7-15-31(32)34(39)27-11-5-4-6-12-27/h4-9,11-20,24,33,37H,1,10,21-23H2,2-3H3,(H,41,42)/t33-/m0/s1. The highest BCUT2D eigenvalue weighted by Crippen LogP contribution is 2.24. The van der Waals surface area contributed by atoms with Crippen LogP contribution in [0.2, 0.25) is 0 Å². The normalized spacial score (nSPS) is 11.2. The van der Waals surface area contributed by atoms with Gasteiger partial charge in [-0.25, -0.2) is 4.79 Å². The van der Waals surface area contributed by atoms with Crippen LogP contribution in [0.1, 0.15) is 34.8 Å². The van der Waals surface area contributed by atoms with E-state index in [1.807, 2.05) is 36.4 Å². The first-order valence-corrected chi connectivity index (χ1v) is 14.3. The highest BCUT2D eigenvalue weighted by Gasteiger charge is 2.22. The molecule has 8 heteroatoms. The van der Waals surface area contributed by atoms with Crippen molar-refractivity contribution >= 4 is 29.0 Å². The van der Waals surface area contributed by atoms with Crippen LogP contribution in [0, 0.1) is 0 Å². The number of nitrogens with zero attached hydrogens (tertiary/aromatic N) is 1. The monoisotopic (exact) mass is 592 g/mol. The summed E-state index contributed by atoms with van der Waals surface area (Å²) < 4.78 is 11.2. The first kappa shape index (κ1) is 31.6. The average molecular weight is 593 g/mol. The van der Waals surface area contributed by atoms with Crippen LogP contribution in [0.15, 0.2) is 115 Å². The van der Waals surface area contributed by atoms with E-state index < -0.39 is 12.0 Å². The lowest BCUT2D eigenvalue weighted by atomic mass is 10.00. The lowest BCUT2D eigenvalue weighted by Gasteiger charge is -2.23. The van der Waals surface area contributed by atoms with Crippen molar-refractivity contribution in [3.05, 3.63) is 132 Å². The van der Waals surface area contributed by atoms with Gasteiger partial charge in [0.2, 0.25) is 0 Å². The predicted octanol–water partition coefficient (Wildman–Crippen LogP) is 6.41. The molecule has 2 N–H and O–H groups in total. The smallest absolute Gasteiger partial charge is 0.326 e. The molecule has 1 atom stereocenters. The summed E-state index contributed by atoms with van der Waals surface area (Å²) in [6.07, 6.45) is 0.770. The SMILES string of the molecule is C=C(C)C(=O)N(CCCOc1ccc(C[C@H](Nc2ccccc2C(=O)c2ccccc2)C(=O)O)cc1)c1cccc(OC)c1. The van der Waals surface area contributed by atoms with E-state index in [2.05, 4.69) is 11.9 Å². The molecule has 1 amide bonds. The molecule has 4 aromatic carbocycles. The number of hydrogen-bond acceptors (Lipinski definition) is 6. The topological polar surface area (TPSA) is 105 Å². The molecule has 4 aromatic rings. The first-order valence-electron chi connectivity index (χ1n) is 14.3. The minimum atomic E-state index is -1.03. The second-order valence-corrected chi connectivity index (χ2v) is 10.3. The number of aliphatic carboxylic acids is 1. The van der Waals surface area contributed by atoms with Crippen molar-refractivity contribution in [1.82, 2.24) is 0 Å². The van der Waals surface area contributed by atoms with E-state index in [4.69, 9.17) is 9.47 Å². The lowest BCUT2D eigenvalue weighted by Crippen LogP contribution is -2.33. The maximum atomic E-state index is 13.1. The number of carboxylic acids is 1. The van der Waals surface area contributed by atoms with E-state index in [1.165, 1.54) is 0 Å². The summed E-state index contributed by atoms with van der Waals surface area (Å²) in [6, 6.07) is 29.4. The molecular weight excluding hydrogens is 556 g/mol. The Kier molecular flexibility index (Phi) is 10.9. The van der Waals surface area contributed by atoms with E-state index >= 15 is 0 Å². The van der Waals surface area contributed by atoms with Gasteiger partial charge in [0, 0.05) is 47.1 Å². The summed E-state index contributed by atoms with van der Waals surface area (Å²) in [5.41, 5.74) is 3.34. The second kappa shape index (κ2) is 15.2. The molecule has 0 unspecified atom stereocenters. The molecule has 0 heterocycles. The zero-order valence-corrected chi connectivity index (χ0v) is 24.9. The molecule has 44 heavy (non-hydrogen) atoms. The summed E-state index contributed by atoms with van der Waals surface area (Å²) in [4.78, 5) is 39.7. The van der Waals surface area contributed by atoms with Crippen LogP contribution < -0.4 is 19.7 Å². The van der Waals surface area contributed by atoms with Gasteiger partial charge in [0.1, 0.15) is 17.5 Å². The average Bonchev–Trinajstić information content (AvgIpc) is 3.05. The zero-order valence-electron chi connectivity index (χ0n) is 24.9. The number of hydrogen-bond donors (Lipinski definition) is 2. The van der Waals surface area contributed by atoms with Gasteiger partial charge in [0.15, 0.2) is 5.78 Å². The van der Waals surface area contributed by atoms with E-state index in [0.29, 0.717) is 53.5 Å². The van der Waals surface area contributed by atoms with Crippen molar-refractivity contribution in [3.63, 3.8) is 0 Å². The lowest BCUT2D eigenvalue weighted by molar-refractivity contribution is -0.137. The highest BCUT2D eigenvalue weighted by atomic mass is 16.5. The molecule has 226 valence electrons. The van der Waals surface area contributed by atoms with Gasteiger partial charge < -0.3 is 24.8 Å². The van der Waals surface area contributed by atoms with E-state index in [0.717, 1.165) is 11.3 Å². The van der Waals surface area contributed by atoms with Crippen LogP contribution >= 0.6 is 0 Å². The molecular formula is C36H36N2O6. The van der Waals surface area contributed by atoms with Crippen molar-refractivity contribution in [2.75, 3.05) is 30.5 Å². The van der Waals surface area contributed by atoms with Gasteiger partial charge >= 0.3 is 5.97 Å². The fraction of sp³-hybridized carbons (Fsp3) is 0.194. The number of methoxy groups -OCH3 is 1. The number of carbonyl (C=O) groups excluding carboxylic acids is 2. The van der Waals surface area contributed by atoms with E-state index in [-0.39, 0.29) is 18.1 Å². The fourth-order valence-corrected chi connectivity index (χ4v) is 4.67. The largest absolute Gasteiger partial charge is 0.497 e. The van der Waals surface area contributed by atoms with Gasteiger partial charge in [0.05, 0.1) is 13.7 Å². The number of anilines is 2. The highest BCUT2D eigenvalue weighted by molar-refractivity contribution is 6.12. The van der Waals surface area contributed by atoms with Crippen LogP contribution in [0.5, 0.6) is 11.5 Å². The summed E-state index contributed by atoms with van der Waals surface area (Å²) in [5, 5.41) is 13.0. The Morgan fingerprint density at radius 2 is 1.59 bits per heavy atom. The Bertz CT molecular complexity index is 1600. The third-order valence-corrected chi connectivity index (χ3v) is 6.97. The van der Waals surface area contributed by atoms with Crippen LogP contribution in [0.3, 0.4) is 0 Å². The Hall–Kier alpha value is -5.37. The molecule has 0 aliphatic rings. The quantitative estimate of drug-likeness (QED) is 0.0933. The van der Waals surface area contributed by atoms with Gasteiger partial charge in [-0.15, -0.1) is 0 Å². The van der Waals surface area contributed by atoms with E-state index in [9.17, 15) is 19.5 Å². The Balaban J connectivity index is 1.35. The van der Waals surface area contributed by atoms with Gasteiger partial charge in [0.25, 0.3) is 5.91 Å². The van der Waals surface area contributed by atoms with Crippen molar-refractivity contribution in [2.24, 2.45) is 0 Å². The number of rotatable bonds is 15. The summed E-state index contributed by atoms with van der Waals surface area (Å²) in [6.45, 7) is 6.28. The third-order valence-electron chi connectivity index (χ3n) is 6.97. The van der Waals surface area contributed by atoms with Gasteiger partial charge in [-0.1, -0.05) is 67.2 Å². The molecule has 0 saturated heterocycles. The maximum Gasteiger partial charge on any atom is 0.326 e. The summed E-state index contributed by atoms with van der Waals surface area (Å²) in [5.74, 6) is -0.0986. The molecule has 0 fully saturated rings. The molecule has 0 bridgehead atoms. The third kappa shape index (κ3) is 8.35. The number of nitrogens with one attached hydrogen (secondary N) is 1. The Morgan fingerprint density at radius 1 is 0.886 bits per heavy atom. The molecule has 0 aliphatic heterocycles. The Labute approximate surface area is 257 Å². The van der Waals surface area contributed by atoms with Gasteiger partial charge in [-0.05, 0) is 55.3 Å². The molecule has 0 spiro atoms. The van der Waals surface area contributed by atoms with E-state index in [1.54, 1.807) is 85.7 Å². The van der Waals surface area contributed by atoms with Crippen molar-refractivity contribution in [2.45, 2.75) is 25.8 Å². The predicted molar refractivity (Wildman–Crippen MR) is 172 cm³/mol. The maximum absolute atomic E-state index is 13.1. The molecule has 0 saturated carbocycles. The number of para-hydroxylation sites is 1.